The minimum Gasteiger partial charge on any atom is -0.453 e. The Bertz CT molecular complexity index is 2300. The summed E-state index contributed by atoms with van der Waals surface area (Å²) in [5.41, 5.74) is 9.73. The standard InChI is InChI=1S/C48H36F2N2O2/c49-34-18-12-16-32(28-34)36-30-37(33-17-13-19-35(50)29-33)48(52-40-22-6-10-26-44(40)54-45-27-11-7-23-41(45)52)46(31-14-2-1-3-15-31)47(36)51-38-20-4-8-24-42(38)53-43-25-9-5-21-39(43)51/h4-13,16-31H,1-3,14-15H2. The van der Waals surface area contributed by atoms with Crippen LogP contribution in [0.1, 0.15) is 43.6 Å². The van der Waals surface area contributed by atoms with Gasteiger partial charge in [-0.2, -0.15) is 0 Å². The van der Waals surface area contributed by atoms with Crippen LogP contribution in [-0.2, 0) is 0 Å². The fraction of sp³-hybridized carbons (Fsp3) is 0.125. The zero-order valence-corrected chi connectivity index (χ0v) is 29.5. The van der Waals surface area contributed by atoms with Crippen molar-refractivity contribution in [2.24, 2.45) is 0 Å². The van der Waals surface area contributed by atoms with Gasteiger partial charge in [-0.15, -0.1) is 0 Å². The molecule has 0 aromatic heterocycles. The molecule has 0 N–H and O–H groups in total. The molecule has 6 heteroatoms. The van der Waals surface area contributed by atoms with Gasteiger partial charge in [-0.3, -0.25) is 0 Å². The van der Waals surface area contributed by atoms with E-state index in [4.69, 9.17) is 9.47 Å². The van der Waals surface area contributed by atoms with Crippen LogP contribution in [0.4, 0.5) is 42.9 Å². The van der Waals surface area contributed by atoms with E-state index in [1.54, 1.807) is 24.3 Å². The van der Waals surface area contributed by atoms with Crippen molar-refractivity contribution in [3.63, 3.8) is 0 Å². The fourth-order valence-corrected chi connectivity index (χ4v) is 8.59. The molecular formula is C48H36F2N2O2. The molecule has 264 valence electrons. The Balaban J connectivity index is 1.42. The summed E-state index contributed by atoms with van der Waals surface area (Å²) >= 11 is 0. The maximum absolute atomic E-state index is 15.4. The molecule has 7 aromatic rings. The van der Waals surface area contributed by atoms with Crippen molar-refractivity contribution in [1.82, 2.24) is 0 Å². The first-order valence-electron chi connectivity index (χ1n) is 18.7. The van der Waals surface area contributed by atoms with Gasteiger partial charge in [0.25, 0.3) is 0 Å². The van der Waals surface area contributed by atoms with E-state index in [1.165, 1.54) is 12.1 Å². The average Bonchev–Trinajstić information content (AvgIpc) is 3.21. The van der Waals surface area contributed by atoms with Crippen molar-refractivity contribution in [2.45, 2.75) is 38.0 Å². The number of hydrogen-bond donors (Lipinski definition) is 0. The number of rotatable bonds is 5. The third-order valence-corrected chi connectivity index (χ3v) is 10.9. The van der Waals surface area contributed by atoms with Crippen LogP contribution in [0.15, 0.2) is 152 Å². The summed E-state index contributed by atoms with van der Waals surface area (Å²) in [6, 6.07) is 48.2. The maximum atomic E-state index is 15.4. The first-order chi connectivity index (χ1) is 26.6. The van der Waals surface area contributed by atoms with E-state index < -0.39 is 0 Å². The molecule has 0 amide bonds. The smallest absolute Gasteiger partial charge is 0.151 e. The van der Waals surface area contributed by atoms with E-state index in [1.807, 2.05) is 84.9 Å². The quantitative estimate of drug-likeness (QED) is 0.178. The van der Waals surface area contributed by atoms with Crippen molar-refractivity contribution >= 4 is 34.1 Å². The molecule has 0 unspecified atom stereocenters. The summed E-state index contributed by atoms with van der Waals surface area (Å²) in [4.78, 5) is 4.63. The number of benzene rings is 7. The summed E-state index contributed by atoms with van der Waals surface area (Å²) in [5, 5.41) is 0. The maximum Gasteiger partial charge on any atom is 0.151 e. The van der Waals surface area contributed by atoms with Crippen LogP contribution in [0.5, 0.6) is 23.0 Å². The number of nitrogens with zero attached hydrogens (tertiary/aromatic N) is 2. The predicted octanol–water partition coefficient (Wildman–Crippen LogP) is 14.5. The lowest BCUT2D eigenvalue weighted by molar-refractivity contribution is 0.443. The van der Waals surface area contributed by atoms with Gasteiger partial charge in [0.05, 0.1) is 34.1 Å². The van der Waals surface area contributed by atoms with Crippen LogP contribution in [0, 0.1) is 11.6 Å². The highest BCUT2D eigenvalue weighted by atomic mass is 19.1. The summed E-state index contributed by atoms with van der Waals surface area (Å²) in [6.45, 7) is 0. The highest BCUT2D eigenvalue weighted by Gasteiger charge is 2.38. The van der Waals surface area contributed by atoms with Gasteiger partial charge in [-0.25, -0.2) is 8.78 Å². The summed E-state index contributed by atoms with van der Waals surface area (Å²) < 4.78 is 44.0. The molecule has 1 saturated carbocycles. The van der Waals surface area contributed by atoms with E-state index in [0.29, 0.717) is 0 Å². The summed E-state index contributed by atoms with van der Waals surface area (Å²) in [7, 11) is 0. The van der Waals surface area contributed by atoms with Crippen LogP contribution >= 0.6 is 0 Å². The fourth-order valence-electron chi connectivity index (χ4n) is 8.59. The highest BCUT2D eigenvalue weighted by Crippen LogP contribution is 2.62. The molecule has 2 heterocycles. The van der Waals surface area contributed by atoms with Crippen molar-refractivity contribution in [2.75, 3.05) is 9.80 Å². The Labute approximate surface area is 313 Å². The Morgan fingerprint density at radius 2 is 0.815 bits per heavy atom. The summed E-state index contributed by atoms with van der Waals surface area (Å²) in [5.74, 6) is 2.39. The zero-order valence-electron chi connectivity index (χ0n) is 29.5. The third kappa shape index (κ3) is 5.40. The summed E-state index contributed by atoms with van der Waals surface area (Å²) in [6.07, 6.45) is 5.26. The lowest BCUT2D eigenvalue weighted by Gasteiger charge is -2.42. The van der Waals surface area contributed by atoms with Crippen molar-refractivity contribution < 1.29 is 18.3 Å². The second kappa shape index (κ2) is 13.2. The van der Waals surface area contributed by atoms with E-state index in [9.17, 15) is 0 Å². The molecule has 3 aliphatic rings. The van der Waals surface area contributed by atoms with Crippen LogP contribution in [0.2, 0.25) is 0 Å². The first kappa shape index (κ1) is 32.3. The highest BCUT2D eigenvalue weighted by molar-refractivity contribution is 6.04. The molecule has 1 aliphatic carbocycles. The second-order valence-electron chi connectivity index (χ2n) is 14.2. The third-order valence-electron chi connectivity index (χ3n) is 10.9. The number of hydrogen-bond acceptors (Lipinski definition) is 4. The van der Waals surface area contributed by atoms with Gasteiger partial charge in [0.15, 0.2) is 23.0 Å². The minimum atomic E-state index is -0.326. The minimum absolute atomic E-state index is 0.119. The van der Waals surface area contributed by atoms with E-state index in [0.717, 1.165) is 117 Å². The Kier molecular flexibility index (Phi) is 7.90. The average molecular weight is 711 g/mol. The van der Waals surface area contributed by atoms with Gasteiger partial charge < -0.3 is 19.3 Å². The topological polar surface area (TPSA) is 24.9 Å². The van der Waals surface area contributed by atoms with Crippen molar-refractivity contribution in [3.8, 4) is 45.3 Å². The molecular weight excluding hydrogens is 675 g/mol. The Morgan fingerprint density at radius 3 is 1.20 bits per heavy atom. The normalized spacial score (nSPS) is 14.6. The van der Waals surface area contributed by atoms with Crippen LogP contribution < -0.4 is 19.3 Å². The van der Waals surface area contributed by atoms with Crippen LogP contribution in [-0.4, -0.2) is 0 Å². The van der Waals surface area contributed by atoms with Gasteiger partial charge >= 0.3 is 0 Å². The molecule has 0 radical (unpaired) electrons. The van der Waals surface area contributed by atoms with Gasteiger partial charge in [0.2, 0.25) is 0 Å². The lowest BCUT2D eigenvalue weighted by Crippen LogP contribution is -2.24. The molecule has 0 atom stereocenters. The lowest BCUT2D eigenvalue weighted by atomic mass is 9.78. The van der Waals surface area contributed by atoms with Gasteiger partial charge in [0, 0.05) is 16.7 Å². The van der Waals surface area contributed by atoms with Gasteiger partial charge in [-0.05, 0) is 109 Å². The number of para-hydroxylation sites is 8. The van der Waals surface area contributed by atoms with E-state index >= 15 is 8.78 Å². The van der Waals surface area contributed by atoms with Gasteiger partial charge in [0.1, 0.15) is 11.6 Å². The predicted molar refractivity (Wildman–Crippen MR) is 213 cm³/mol. The molecule has 54 heavy (non-hydrogen) atoms. The number of anilines is 6. The molecule has 0 saturated heterocycles. The number of fused-ring (bicyclic) bond motifs is 4. The molecule has 4 nitrogen and oxygen atoms in total. The van der Waals surface area contributed by atoms with Crippen molar-refractivity contribution in [1.29, 1.82) is 0 Å². The molecule has 7 aromatic carbocycles. The van der Waals surface area contributed by atoms with E-state index in [-0.39, 0.29) is 17.6 Å². The molecule has 0 bridgehead atoms. The van der Waals surface area contributed by atoms with Crippen LogP contribution in [0.3, 0.4) is 0 Å². The number of ether oxygens (including phenoxy) is 2. The molecule has 1 fully saturated rings. The van der Waals surface area contributed by atoms with Gasteiger partial charge in [-0.1, -0.05) is 92.1 Å². The Hall–Kier alpha value is -6.40. The second-order valence-corrected chi connectivity index (χ2v) is 14.2. The first-order valence-corrected chi connectivity index (χ1v) is 18.7. The SMILES string of the molecule is Fc1cccc(-c2cc(-c3cccc(F)c3)c(N3c4ccccc4Oc4ccccc43)c(C3CCCCC3)c2N2c3ccccc3Oc3ccccc32)c1. The largest absolute Gasteiger partial charge is 0.453 e. The zero-order chi connectivity index (χ0) is 36.2. The molecule has 10 rings (SSSR count). The van der Waals surface area contributed by atoms with E-state index in [2.05, 4.69) is 40.1 Å². The van der Waals surface area contributed by atoms with Crippen LogP contribution in [0.25, 0.3) is 22.3 Å². The monoisotopic (exact) mass is 710 g/mol. The van der Waals surface area contributed by atoms with Crippen molar-refractivity contribution in [3.05, 3.63) is 169 Å². The number of halogens is 2. The molecule has 2 aliphatic heterocycles. The Morgan fingerprint density at radius 1 is 0.426 bits per heavy atom. The molecule has 0 spiro atoms.